The molecule has 1 fully saturated rings. The normalized spacial score (nSPS) is 13.6. The van der Waals surface area contributed by atoms with Crippen molar-refractivity contribution in [3.05, 3.63) is 29.4 Å². The van der Waals surface area contributed by atoms with Crippen LogP contribution >= 0.6 is 11.6 Å². The molecule has 4 heteroatoms. The van der Waals surface area contributed by atoms with Gasteiger partial charge in [0.2, 0.25) is 0 Å². The van der Waals surface area contributed by atoms with Crippen molar-refractivity contribution in [1.29, 1.82) is 0 Å². The van der Waals surface area contributed by atoms with Gasteiger partial charge in [-0.2, -0.15) is 5.10 Å². The molecule has 0 spiro atoms. The maximum atomic E-state index is 5.83. The number of aromatic nitrogens is 2. The van der Waals surface area contributed by atoms with E-state index < -0.39 is 0 Å². The maximum absolute atomic E-state index is 5.83. The fourth-order valence-corrected chi connectivity index (χ4v) is 1.78. The summed E-state index contributed by atoms with van der Waals surface area (Å²) >= 11 is 5.83. The quantitative estimate of drug-likeness (QED) is 0.753. The standard InChI is InChI=1S/C7H5ClN2.C4H9N.C2H6/c8-6-3-1-2-5-4-9-10-7(5)6;1-2-4-5-3-1;1-2/h1-4H,(H,9,10);5H,1-4H2;1-2H3. The first-order chi connectivity index (χ1) is 8.38. The minimum absolute atomic E-state index is 0.718. The Balaban J connectivity index is 0.000000175. The highest BCUT2D eigenvalue weighted by Gasteiger charge is 1.96. The summed E-state index contributed by atoms with van der Waals surface area (Å²) in [5, 5.41) is 11.6. The number of nitrogens with zero attached hydrogens (tertiary/aromatic N) is 1. The van der Waals surface area contributed by atoms with Crippen LogP contribution in [0.3, 0.4) is 0 Å². The molecule has 0 saturated carbocycles. The monoisotopic (exact) mass is 253 g/mol. The van der Waals surface area contributed by atoms with Crippen LogP contribution in [-0.2, 0) is 0 Å². The number of para-hydroxylation sites is 1. The van der Waals surface area contributed by atoms with Crippen LogP contribution < -0.4 is 5.32 Å². The fourth-order valence-electron chi connectivity index (χ4n) is 1.56. The van der Waals surface area contributed by atoms with E-state index >= 15 is 0 Å². The van der Waals surface area contributed by atoms with Gasteiger partial charge in [0.15, 0.2) is 0 Å². The highest BCUT2D eigenvalue weighted by Crippen LogP contribution is 2.19. The molecule has 1 aromatic carbocycles. The van der Waals surface area contributed by atoms with Crippen molar-refractivity contribution in [1.82, 2.24) is 15.5 Å². The lowest BCUT2D eigenvalue weighted by Gasteiger charge is -1.88. The topological polar surface area (TPSA) is 40.7 Å². The molecule has 0 radical (unpaired) electrons. The molecule has 2 aromatic rings. The highest BCUT2D eigenvalue weighted by atomic mass is 35.5. The zero-order valence-corrected chi connectivity index (χ0v) is 11.2. The Hall–Kier alpha value is -1.06. The molecule has 0 amide bonds. The molecule has 94 valence electrons. The third kappa shape index (κ3) is 4.36. The van der Waals surface area contributed by atoms with Crippen molar-refractivity contribution in [2.45, 2.75) is 26.7 Å². The van der Waals surface area contributed by atoms with Gasteiger partial charge in [0.05, 0.1) is 16.7 Å². The van der Waals surface area contributed by atoms with Gasteiger partial charge >= 0.3 is 0 Å². The molecule has 0 aliphatic carbocycles. The Bertz CT molecular complexity index is 414. The average Bonchev–Trinajstić information content (AvgIpc) is 3.07. The first kappa shape index (κ1) is 14.0. The summed E-state index contributed by atoms with van der Waals surface area (Å²) in [5.41, 5.74) is 0.907. The van der Waals surface area contributed by atoms with E-state index in [1.807, 2.05) is 32.0 Å². The molecular weight excluding hydrogens is 234 g/mol. The number of nitrogens with one attached hydrogen (secondary N) is 2. The van der Waals surface area contributed by atoms with Crippen LogP contribution in [0.4, 0.5) is 0 Å². The molecule has 0 atom stereocenters. The van der Waals surface area contributed by atoms with E-state index in [-0.39, 0.29) is 0 Å². The molecule has 1 saturated heterocycles. The SMILES string of the molecule is C1CCNC1.CC.Clc1cccc2cn[nH]c12. The molecule has 1 aliphatic heterocycles. The molecule has 3 rings (SSSR count). The second kappa shape index (κ2) is 8.09. The summed E-state index contributed by atoms with van der Waals surface area (Å²) in [5.74, 6) is 0. The van der Waals surface area contributed by atoms with E-state index in [9.17, 15) is 0 Å². The summed E-state index contributed by atoms with van der Waals surface area (Å²) in [6.07, 6.45) is 4.53. The van der Waals surface area contributed by atoms with Gasteiger partial charge in [-0.05, 0) is 32.0 Å². The van der Waals surface area contributed by atoms with Crippen molar-refractivity contribution >= 4 is 22.5 Å². The minimum Gasteiger partial charge on any atom is -0.317 e. The molecule has 1 aliphatic rings. The lowest BCUT2D eigenvalue weighted by Crippen LogP contribution is -2.03. The molecule has 17 heavy (non-hydrogen) atoms. The lowest BCUT2D eigenvalue weighted by atomic mass is 10.3. The van der Waals surface area contributed by atoms with Crippen molar-refractivity contribution in [3.8, 4) is 0 Å². The van der Waals surface area contributed by atoms with E-state index in [1.54, 1.807) is 6.20 Å². The lowest BCUT2D eigenvalue weighted by molar-refractivity contribution is 0.857. The number of hydrogen-bond acceptors (Lipinski definition) is 2. The first-order valence-electron chi connectivity index (χ1n) is 6.16. The van der Waals surface area contributed by atoms with Gasteiger partial charge < -0.3 is 5.32 Å². The van der Waals surface area contributed by atoms with Gasteiger partial charge in [0, 0.05) is 5.39 Å². The number of halogens is 1. The molecule has 0 unspecified atom stereocenters. The van der Waals surface area contributed by atoms with Crippen LogP contribution in [0.1, 0.15) is 26.7 Å². The number of benzene rings is 1. The third-order valence-corrected chi connectivity index (χ3v) is 2.70. The summed E-state index contributed by atoms with van der Waals surface area (Å²) < 4.78 is 0. The summed E-state index contributed by atoms with van der Waals surface area (Å²) in [7, 11) is 0. The van der Waals surface area contributed by atoms with Crippen LogP contribution in [0.5, 0.6) is 0 Å². The molecule has 2 N–H and O–H groups in total. The summed E-state index contributed by atoms with van der Waals surface area (Å²) in [6.45, 7) is 6.50. The van der Waals surface area contributed by atoms with Crippen molar-refractivity contribution in [2.24, 2.45) is 0 Å². The number of aromatic amines is 1. The van der Waals surface area contributed by atoms with E-state index in [1.165, 1.54) is 25.9 Å². The molecule has 1 aromatic heterocycles. The van der Waals surface area contributed by atoms with Crippen molar-refractivity contribution in [2.75, 3.05) is 13.1 Å². The number of fused-ring (bicyclic) bond motifs is 1. The Kier molecular flexibility index (Phi) is 6.67. The smallest absolute Gasteiger partial charge is 0.0836 e. The molecule has 0 bridgehead atoms. The van der Waals surface area contributed by atoms with E-state index in [2.05, 4.69) is 15.5 Å². The Morgan fingerprint density at radius 3 is 2.41 bits per heavy atom. The number of H-pyrrole nitrogens is 1. The predicted octanol–water partition coefficient (Wildman–Crippen LogP) is 3.61. The van der Waals surface area contributed by atoms with Crippen LogP contribution in [0.2, 0.25) is 5.02 Å². The molecule has 2 heterocycles. The molecular formula is C13H20ClN3. The van der Waals surface area contributed by atoms with Crippen LogP contribution in [-0.4, -0.2) is 23.3 Å². The maximum Gasteiger partial charge on any atom is 0.0836 e. The zero-order chi connectivity index (χ0) is 12.5. The minimum atomic E-state index is 0.718. The van der Waals surface area contributed by atoms with Crippen molar-refractivity contribution in [3.63, 3.8) is 0 Å². The van der Waals surface area contributed by atoms with E-state index in [4.69, 9.17) is 11.6 Å². The predicted molar refractivity (Wildman–Crippen MR) is 74.6 cm³/mol. The van der Waals surface area contributed by atoms with E-state index in [0.717, 1.165) is 15.9 Å². The number of rotatable bonds is 0. The zero-order valence-electron chi connectivity index (χ0n) is 10.5. The van der Waals surface area contributed by atoms with Gasteiger partial charge in [-0.15, -0.1) is 0 Å². The average molecular weight is 254 g/mol. The van der Waals surface area contributed by atoms with Crippen LogP contribution in [0.15, 0.2) is 24.4 Å². The van der Waals surface area contributed by atoms with Gasteiger partial charge in [0.25, 0.3) is 0 Å². The van der Waals surface area contributed by atoms with Gasteiger partial charge in [-0.25, -0.2) is 0 Å². The van der Waals surface area contributed by atoms with Crippen LogP contribution in [0.25, 0.3) is 10.9 Å². The highest BCUT2D eigenvalue weighted by molar-refractivity contribution is 6.34. The summed E-state index contributed by atoms with van der Waals surface area (Å²) in [6, 6.07) is 5.70. The Morgan fingerprint density at radius 1 is 1.18 bits per heavy atom. The van der Waals surface area contributed by atoms with E-state index in [0.29, 0.717) is 0 Å². The summed E-state index contributed by atoms with van der Waals surface area (Å²) in [4.78, 5) is 0. The van der Waals surface area contributed by atoms with Crippen LogP contribution in [0, 0.1) is 0 Å². The fraction of sp³-hybridized carbons (Fsp3) is 0.462. The Labute approximate surface area is 108 Å². The molecule has 3 nitrogen and oxygen atoms in total. The first-order valence-corrected chi connectivity index (χ1v) is 6.54. The van der Waals surface area contributed by atoms with Gasteiger partial charge in [-0.3, -0.25) is 5.10 Å². The number of hydrogen-bond donors (Lipinski definition) is 2. The van der Waals surface area contributed by atoms with Gasteiger partial charge in [0.1, 0.15) is 0 Å². The third-order valence-electron chi connectivity index (χ3n) is 2.38. The van der Waals surface area contributed by atoms with Crippen molar-refractivity contribution < 1.29 is 0 Å². The largest absolute Gasteiger partial charge is 0.317 e. The Morgan fingerprint density at radius 2 is 1.88 bits per heavy atom. The second-order valence-corrected chi connectivity index (χ2v) is 3.94. The van der Waals surface area contributed by atoms with Gasteiger partial charge in [-0.1, -0.05) is 37.6 Å². The second-order valence-electron chi connectivity index (χ2n) is 3.53.